The van der Waals surface area contributed by atoms with Crippen molar-refractivity contribution in [2.45, 2.75) is 26.7 Å². The highest BCUT2D eigenvalue weighted by atomic mass is 32.1. The second kappa shape index (κ2) is 9.11. The first kappa shape index (κ1) is 23.5. The van der Waals surface area contributed by atoms with Crippen LogP contribution in [0, 0.1) is 64.1 Å². The topological polar surface area (TPSA) is 0 Å². The van der Waals surface area contributed by atoms with Gasteiger partial charge in [-0.1, -0.05) is 86.1 Å². The Morgan fingerprint density at radius 1 is 0.450 bits per heavy atom. The Bertz CT molecular complexity index is 2250. The van der Waals surface area contributed by atoms with Crippen molar-refractivity contribution in [3.8, 4) is 23.7 Å². The lowest BCUT2D eigenvalue weighted by molar-refractivity contribution is 1.14. The van der Waals surface area contributed by atoms with E-state index in [0.29, 0.717) is 0 Å². The van der Waals surface area contributed by atoms with Crippen molar-refractivity contribution in [3.05, 3.63) is 157 Å². The minimum absolute atomic E-state index is 1.05. The molecule has 0 unspecified atom stereocenters. The standard InChI is InChI=1S/C38H24S2/c1-3-23-5-9-25(10-6-23)13-15-27-21-33-29-17-18-30-34-22-28(16-14-26-11-7-24(4-2)8-12-26)40-38(34)32-20-19-31(37(33)39-27)35(29)36(30)32/h5-12,17-22H,3-4H2,1-2H3. The maximum Gasteiger partial charge on any atom is 0.0785 e. The fraction of sp³-hybridized carbons (Fsp3) is 0.105. The molecular weight excluding hydrogens is 521 g/mol. The lowest BCUT2D eigenvalue weighted by atomic mass is 10.1. The van der Waals surface area contributed by atoms with Gasteiger partial charge in [0.15, 0.2) is 0 Å². The van der Waals surface area contributed by atoms with E-state index in [-0.39, 0.29) is 0 Å². The second-order valence-corrected chi connectivity index (χ2v) is 12.5. The van der Waals surface area contributed by atoms with Crippen LogP contribution >= 0.6 is 22.7 Å². The fourth-order valence-electron chi connectivity index (χ4n) is 5.94. The quantitative estimate of drug-likeness (QED) is 0.191. The average Bonchev–Trinajstić information content (AvgIpc) is 3.74. The molecule has 4 aromatic carbocycles. The predicted molar refractivity (Wildman–Crippen MR) is 167 cm³/mol. The largest absolute Gasteiger partial charge is 0.126 e. The Morgan fingerprint density at radius 2 is 0.850 bits per heavy atom. The van der Waals surface area contributed by atoms with Gasteiger partial charge >= 0.3 is 0 Å². The molecule has 0 fully saturated rings. The molecule has 2 aliphatic carbocycles. The smallest absolute Gasteiger partial charge is 0.0785 e. The van der Waals surface area contributed by atoms with Crippen LogP contribution in [0.2, 0.25) is 0 Å². The average molecular weight is 545 g/mol. The first-order valence-corrected chi connectivity index (χ1v) is 15.4. The molecule has 0 saturated carbocycles. The monoisotopic (exact) mass is 544 g/mol. The van der Waals surface area contributed by atoms with Crippen LogP contribution in [0.5, 0.6) is 0 Å². The second-order valence-electron chi connectivity index (χ2n) is 10.4. The summed E-state index contributed by atoms with van der Waals surface area (Å²) in [6, 6.07) is 31.0. The van der Waals surface area contributed by atoms with Crippen LogP contribution in [-0.4, -0.2) is 0 Å². The highest BCUT2D eigenvalue weighted by Gasteiger charge is 2.15. The Hall–Kier alpha value is -4.34. The zero-order chi connectivity index (χ0) is 26.8. The fourth-order valence-corrected chi connectivity index (χ4v) is 8.06. The number of hydrogen-bond acceptors (Lipinski definition) is 2. The molecule has 2 aromatic heterocycles. The molecule has 6 aromatic rings. The van der Waals surface area contributed by atoms with E-state index in [0.717, 1.165) is 33.7 Å². The molecule has 2 heteroatoms. The molecule has 0 atom stereocenters. The number of fused-ring (bicyclic) bond motifs is 2. The first-order chi connectivity index (χ1) is 19.7. The highest BCUT2D eigenvalue weighted by Crippen LogP contribution is 2.33. The normalized spacial score (nSPS) is 11.6. The number of aryl methyl sites for hydroxylation is 2. The molecule has 188 valence electrons. The van der Waals surface area contributed by atoms with Gasteiger partial charge in [0.05, 0.1) is 9.75 Å². The van der Waals surface area contributed by atoms with E-state index in [2.05, 4.69) is 122 Å². The maximum atomic E-state index is 3.43. The molecule has 8 rings (SSSR count). The SMILES string of the molecule is CCc1ccc(C#Cc2cc3c(s2)=c2ccc4c5c(ccc=3c25)=c2cc(C#Cc3ccc(CC)cc3)sc2=4)cc1. The number of thiophene rings is 2. The molecule has 2 aliphatic rings. The van der Waals surface area contributed by atoms with Gasteiger partial charge in [-0.2, -0.15) is 0 Å². The van der Waals surface area contributed by atoms with E-state index in [1.165, 1.54) is 62.3 Å². The van der Waals surface area contributed by atoms with Crippen LogP contribution in [0.15, 0.2) is 84.9 Å². The highest BCUT2D eigenvalue weighted by molar-refractivity contribution is 7.11. The van der Waals surface area contributed by atoms with Gasteiger partial charge in [0.25, 0.3) is 0 Å². The van der Waals surface area contributed by atoms with Gasteiger partial charge in [0, 0.05) is 41.1 Å². The molecule has 0 bridgehead atoms. The molecule has 0 nitrogen and oxygen atoms in total. The minimum atomic E-state index is 1.05. The molecule has 0 amide bonds. The van der Waals surface area contributed by atoms with Crippen LogP contribution in [0.1, 0.15) is 45.9 Å². The summed E-state index contributed by atoms with van der Waals surface area (Å²) in [5.41, 5.74) is 4.83. The molecule has 0 radical (unpaired) electrons. The number of benzene rings is 4. The predicted octanol–water partition coefficient (Wildman–Crippen LogP) is 8.66. The molecule has 0 spiro atoms. The van der Waals surface area contributed by atoms with Crippen molar-refractivity contribution in [2.75, 3.05) is 0 Å². The molecule has 40 heavy (non-hydrogen) atoms. The Labute approximate surface area is 240 Å². The third-order valence-corrected chi connectivity index (χ3v) is 10.2. The van der Waals surface area contributed by atoms with Crippen LogP contribution in [0.3, 0.4) is 0 Å². The third kappa shape index (κ3) is 3.61. The summed E-state index contributed by atoms with van der Waals surface area (Å²) < 4.78 is 2.69. The van der Waals surface area contributed by atoms with Crippen molar-refractivity contribution in [1.82, 2.24) is 0 Å². The number of rotatable bonds is 2. The van der Waals surface area contributed by atoms with Gasteiger partial charge < -0.3 is 0 Å². The maximum absolute atomic E-state index is 3.43. The van der Waals surface area contributed by atoms with E-state index in [9.17, 15) is 0 Å². The van der Waals surface area contributed by atoms with Gasteiger partial charge in [-0.3, -0.25) is 0 Å². The van der Waals surface area contributed by atoms with E-state index in [4.69, 9.17) is 0 Å². The van der Waals surface area contributed by atoms with Gasteiger partial charge in [-0.05, 0) is 81.6 Å². The molecule has 0 saturated heterocycles. The van der Waals surface area contributed by atoms with Crippen molar-refractivity contribution in [1.29, 1.82) is 0 Å². The van der Waals surface area contributed by atoms with Crippen molar-refractivity contribution >= 4 is 33.4 Å². The summed E-state index contributed by atoms with van der Waals surface area (Å²) in [6.45, 7) is 4.36. The summed E-state index contributed by atoms with van der Waals surface area (Å²) in [4.78, 5) is 2.25. The van der Waals surface area contributed by atoms with Crippen LogP contribution in [0.25, 0.3) is 10.8 Å². The molecule has 0 aliphatic heterocycles. The third-order valence-electron chi connectivity index (χ3n) is 8.08. The summed E-state index contributed by atoms with van der Waals surface area (Å²) in [6.07, 6.45) is 2.10. The van der Waals surface area contributed by atoms with Crippen LogP contribution in [-0.2, 0) is 12.8 Å². The molecule has 0 N–H and O–H groups in total. The van der Waals surface area contributed by atoms with E-state index >= 15 is 0 Å². The van der Waals surface area contributed by atoms with Crippen molar-refractivity contribution in [2.24, 2.45) is 0 Å². The number of hydrogen-bond donors (Lipinski definition) is 0. The Balaban J connectivity index is 1.25. The molecule has 2 heterocycles. The van der Waals surface area contributed by atoms with Crippen molar-refractivity contribution < 1.29 is 0 Å². The lowest BCUT2D eigenvalue weighted by Gasteiger charge is -1.98. The van der Waals surface area contributed by atoms with E-state index < -0.39 is 0 Å². The van der Waals surface area contributed by atoms with E-state index in [1.54, 1.807) is 0 Å². The van der Waals surface area contributed by atoms with Gasteiger partial charge in [0.1, 0.15) is 0 Å². The van der Waals surface area contributed by atoms with Crippen LogP contribution < -0.4 is 0 Å². The van der Waals surface area contributed by atoms with Gasteiger partial charge in [0.2, 0.25) is 0 Å². The van der Waals surface area contributed by atoms with Gasteiger partial charge in [-0.25, -0.2) is 0 Å². The zero-order valence-corrected chi connectivity index (χ0v) is 23.9. The first-order valence-electron chi connectivity index (χ1n) is 13.8. The molecular formula is C38H24S2. The zero-order valence-electron chi connectivity index (χ0n) is 22.3. The van der Waals surface area contributed by atoms with Crippen molar-refractivity contribution in [3.63, 3.8) is 0 Å². The Kier molecular flexibility index (Phi) is 5.36. The summed E-state index contributed by atoms with van der Waals surface area (Å²) >= 11 is 3.63. The minimum Gasteiger partial charge on any atom is -0.126 e. The summed E-state index contributed by atoms with van der Waals surface area (Å²) in [5, 5.41) is 10.8. The summed E-state index contributed by atoms with van der Waals surface area (Å²) in [5.74, 6) is 13.6. The lowest BCUT2D eigenvalue weighted by Crippen LogP contribution is -1.80. The Morgan fingerprint density at radius 3 is 1.25 bits per heavy atom. The van der Waals surface area contributed by atoms with Gasteiger partial charge in [-0.15, -0.1) is 22.7 Å². The summed E-state index contributed by atoms with van der Waals surface area (Å²) in [7, 11) is 0. The van der Waals surface area contributed by atoms with Crippen LogP contribution in [0.4, 0.5) is 0 Å². The van der Waals surface area contributed by atoms with E-state index in [1.807, 2.05) is 22.7 Å².